The zero-order valence-electron chi connectivity index (χ0n) is 12.9. The van der Waals surface area contributed by atoms with Crippen molar-refractivity contribution in [1.82, 2.24) is 24.9 Å². The third-order valence-corrected chi connectivity index (χ3v) is 3.79. The van der Waals surface area contributed by atoms with Gasteiger partial charge in [-0.3, -0.25) is 9.36 Å². The Balaban J connectivity index is 1.76. The lowest BCUT2D eigenvalue weighted by Gasteiger charge is -2.09. The normalized spacial score (nSPS) is 11.0. The third-order valence-electron chi connectivity index (χ3n) is 3.79. The van der Waals surface area contributed by atoms with E-state index in [1.807, 2.05) is 31.2 Å². The molecule has 0 saturated carbocycles. The van der Waals surface area contributed by atoms with Crippen molar-refractivity contribution in [3.8, 4) is 11.5 Å². The van der Waals surface area contributed by atoms with Crippen LogP contribution in [0.3, 0.4) is 0 Å². The first-order chi connectivity index (χ1) is 11.7. The van der Waals surface area contributed by atoms with Gasteiger partial charge in [0.2, 0.25) is 11.7 Å². The van der Waals surface area contributed by atoms with Gasteiger partial charge in [-0.25, -0.2) is 0 Å². The summed E-state index contributed by atoms with van der Waals surface area (Å²) in [6.45, 7) is 2.12. The molecular weight excluding hydrogens is 306 g/mol. The van der Waals surface area contributed by atoms with Crippen molar-refractivity contribution in [2.45, 2.75) is 13.5 Å². The van der Waals surface area contributed by atoms with Gasteiger partial charge >= 0.3 is 0 Å². The van der Waals surface area contributed by atoms with E-state index in [9.17, 15) is 4.79 Å². The fraction of sp³-hybridized carbons (Fsp3) is 0.118. The lowest BCUT2D eigenvalue weighted by atomic mass is 10.1. The Bertz CT molecular complexity index is 1070. The lowest BCUT2D eigenvalue weighted by Crippen LogP contribution is -2.21. The molecule has 0 aliphatic carbocycles. The van der Waals surface area contributed by atoms with Crippen molar-refractivity contribution >= 4 is 10.9 Å². The molecule has 0 N–H and O–H groups in total. The summed E-state index contributed by atoms with van der Waals surface area (Å²) in [6, 6.07) is 12.8. The van der Waals surface area contributed by atoms with E-state index < -0.39 is 0 Å². The molecule has 0 bridgehead atoms. The predicted molar refractivity (Wildman–Crippen MR) is 87.4 cm³/mol. The molecule has 7 heteroatoms. The van der Waals surface area contributed by atoms with Crippen LogP contribution in [-0.2, 0) is 6.54 Å². The largest absolute Gasteiger partial charge is 0.337 e. The number of rotatable bonds is 3. The quantitative estimate of drug-likeness (QED) is 0.575. The summed E-state index contributed by atoms with van der Waals surface area (Å²) >= 11 is 0. The highest BCUT2D eigenvalue weighted by atomic mass is 16.5. The molecule has 0 unspecified atom stereocenters. The van der Waals surface area contributed by atoms with Crippen LogP contribution in [-0.4, -0.2) is 24.9 Å². The van der Waals surface area contributed by atoms with Gasteiger partial charge in [0, 0.05) is 17.6 Å². The topological polar surface area (TPSA) is 86.7 Å². The van der Waals surface area contributed by atoms with E-state index >= 15 is 0 Å². The molecule has 118 valence electrons. The zero-order valence-corrected chi connectivity index (χ0v) is 12.9. The fourth-order valence-corrected chi connectivity index (χ4v) is 2.64. The number of aromatic nitrogens is 5. The Kier molecular flexibility index (Phi) is 3.38. The number of para-hydroxylation sites is 1. The number of benzene rings is 1. The van der Waals surface area contributed by atoms with Crippen LogP contribution < -0.4 is 5.56 Å². The fourth-order valence-electron chi connectivity index (χ4n) is 2.64. The van der Waals surface area contributed by atoms with Crippen molar-refractivity contribution in [3.63, 3.8) is 0 Å². The average Bonchev–Trinajstić information content (AvgIpc) is 3.08. The van der Waals surface area contributed by atoms with Gasteiger partial charge < -0.3 is 4.52 Å². The summed E-state index contributed by atoms with van der Waals surface area (Å²) in [6.07, 6.45) is 1.57. The Morgan fingerprint density at radius 2 is 2.04 bits per heavy atom. The van der Waals surface area contributed by atoms with Gasteiger partial charge in [-0.15, -0.1) is 5.10 Å². The standard InChI is InChI=1S/C17H13N5O2/c1-11-9-16(23)22(14-7-3-2-5-12(11)14)10-15-19-17(21-24-15)13-6-4-8-18-20-13/h2-9H,10H2,1H3. The molecule has 0 fully saturated rings. The van der Waals surface area contributed by atoms with Crippen LogP contribution in [0.25, 0.3) is 22.4 Å². The Morgan fingerprint density at radius 1 is 1.17 bits per heavy atom. The van der Waals surface area contributed by atoms with Crippen molar-refractivity contribution in [3.05, 3.63) is 70.5 Å². The highest BCUT2D eigenvalue weighted by Gasteiger charge is 2.13. The van der Waals surface area contributed by atoms with Gasteiger partial charge in [0.1, 0.15) is 12.2 Å². The van der Waals surface area contributed by atoms with Crippen LogP contribution in [0, 0.1) is 6.92 Å². The van der Waals surface area contributed by atoms with E-state index in [0.29, 0.717) is 17.4 Å². The van der Waals surface area contributed by atoms with Crippen LogP contribution in [0.2, 0.25) is 0 Å². The highest BCUT2D eigenvalue weighted by molar-refractivity contribution is 5.82. The monoisotopic (exact) mass is 319 g/mol. The Hall–Kier alpha value is -3.35. The molecule has 0 radical (unpaired) electrons. The highest BCUT2D eigenvalue weighted by Crippen LogP contribution is 2.17. The smallest absolute Gasteiger partial charge is 0.251 e. The Morgan fingerprint density at radius 3 is 2.88 bits per heavy atom. The first-order valence-corrected chi connectivity index (χ1v) is 7.42. The van der Waals surface area contributed by atoms with Gasteiger partial charge in [-0.05, 0) is 30.7 Å². The molecule has 24 heavy (non-hydrogen) atoms. The molecule has 3 aromatic heterocycles. The molecular formula is C17H13N5O2. The number of hydrogen-bond acceptors (Lipinski definition) is 6. The molecule has 3 heterocycles. The molecule has 0 atom stereocenters. The zero-order chi connectivity index (χ0) is 16.5. The molecule has 0 saturated heterocycles. The second kappa shape index (κ2) is 5.69. The van der Waals surface area contributed by atoms with E-state index in [-0.39, 0.29) is 12.1 Å². The summed E-state index contributed by atoms with van der Waals surface area (Å²) in [4.78, 5) is 16.7. The van der Waals surface area contributed by atoms with Crippen LogP contribution in [0.15, 0.2) is 58.0 Å². The van der Waals surface area contributed by atoms with E-state index in [4.69, 9.17) is 4.52 Å². The van der Waals surface area contributed by atoms with Crippen molar-refractivity contribution < 1.29 is 4.52 Å². The first kappa shape index (κ1) is 14.3. The summed E-state index contributed by atoms with van der Waals surface area (Å²) in [5.41, 5.74) is 2.19. The molecule has 0 aliphatic heterocycles. The number of aryl methyl sites for hydroxylation is 1. The van der Waals surface area contributed by atoms with Crippen LogP contribution in [0.1, 0.15) is 11.5 Å². The van der Waals surface area contributed by atoms with Crippen molar-refractivity contribution in [1.29, 1.82) is 0 Å². The van der Waals surface area contributed by atoms with Crippen molar-refractivity contribution in [2.24, 2.45) is 0 Å². The number of nitrogens with zero attached hydrogens (tertiary/aromatic N) is 5. The summed E-state index contributed by atoms with van der Waals surface area (Å²) < 4.78 is 6.89. The van der Waals surface area contributed by atoms with E-state index in [1.165, 1.54) is 0 Å². The summed E-state index contributed by atoms with van der Waals surface area (Å²) in [5.74, 6) is 0.689. The van der Waals surface area contributed by atoms with E-state index in [1.54, 1.807) is 29.0 Å². The molecule has 4 aromatic rings. The first-order valence-electron chi connectivity index (χ1n) is 7.42. The van der Waals surface area contributed by atoms with Gasteiger partial charge in [0.25, 0.3) is 5.56 Å². The molecule has 7 nitrogen and oxygen atoms in total. The SMILES string of the molecule is Cc1cc(=O)n(Cc2nc(-c3cccnn3)no2)c2ccccc12. The van der Waals surface area contributed by atoms with Gasteiger partial charge in [0.05, 0.1) is 5.52 Å². The lowest BCUT2D eigenvalue weighted by molar-refractivity contribution is 0.371. The summed E-state index contributed by atoms with van der Waals surface area (Å²) in [5, 5.41) is 12.7. The number of fused-ring (bicyclic) bond motifs is 1. The maximum absolute atomic E-state index is 12.4. The predicted octanol–water partition coefficient (Wildman–Crippen LogP) is 2.20. The number of hydrogen-bond donors (Lipinski definition) is 0. The summed E-state index contributed by atoms with van der Waals surface area (Å²) in [7, 11) is 0. The van der Waals surface area contributed by atoms with Crippen LogP contribution >= 0.6 is 0 Å². The molecule has 0 aliphatic rings. The molecule has 1 aromatic carbocycles. The maximum Gasteiger partial charge on any atom is 0.251 e. The second-order valence-electron chi connectivity index (χ2n) is 5.39. The maximum atomic E-state index is 12.4. The molecule has 0 amide bonds. The molecule has 4 rings (SSSR count). The van der Waals surface area contributed by atoms with Gasteiger partial charge in [0.15, 0.2) is 0 Å². The van der Waals surface area contributed by atoms with Gasteiger partial charge in [-0.2, -0.15) is 10.1 Å². The minimum Gasteiger partial charge on any atom is -0.337 e. The average molecular weight is 319 g/mol. The van der Waals surface area contributed by atoms with E-state index in [0.717, 1.165) is 16.5 Å². The number of pyridine rings is 1. The van der Waals surface area contributed by atoms with Gasteiger partial charge in [-0.1, -0.05) is 23.4 Å². The molecule has 0 spiro atoms. The second-order valence-corrected chi connectivity index (χ2v) is 5.39. The van der Waals surface area contributed by atoms with Crippen LogP contribution in [0.4, 0.5) is 0 Å². The minimum atomic E-state index is -0.106. The Labute approximate surface area is 136 Å². The van der Waals surface area contributed by atoms with Crippen molar-refractivity contribution in [2.75, 3.05) is 0 Å². The van der Waals surface area contributed by atoms with E-state index in [2.05, 4.69) is 20.3 Å². The minimum absolute atomic E-state index is 0.106. The van der Waals surface area contributed by atoms with Crippen LogP contribution in [0.5, 0.6) is 0 Å². The third kappa shape index (κ3) is 2.45.